The van der Waals surface area contributed by atoms with Crippen molar-refractivity contribution in [3.8, 4) is 0 Å². The molecule has 3 unspecified atom stereocenters. The number of pyridine rings is 1. The Balaban J connectivity index is 1.96. The third kappa shape index (κ3) is 3.05. The monoisotopic (exact) mass is 234 g/mol. The second-order valence-corrected chi connectivity index (χ2v) is 4.96. The maximum atomic E-state index is 6.30. The summed E-state index contributed by atoms with van der Waals surface area (Å²) in [4.78, 5) is 4.42. The van der Waals surface area contributed by atoms with Crippen molar-refractivity contribution in [3.63, 3.8) is 0 Å². The van der Waals surface area contributed by atoms with E-state index >= 15 is 0 Å². The van der Waals surface area contributed by atoms with Crippen LogP contribution in [0.1, 0.15) is 31.0 Å². The second kappa shape index (κ2) is 5.61. The SMILES string of the molecule is CCC1OCCC1C(N)Cc1ccc(C)cn1. The summed E-state index contributed by atoms with van der Waals surface area (Å²) in [5, 5.41) is 0. The quantitative estimate of drug-likeness (QED) is 0.867. The molecule has 3 atom stereocenters. The molecule has 2 rings (SSSR count). The minimum absolute atomic E-state index is 0.164. The highest BCUT2D eigenvalue weighted by Gasteiger charge is 2.31. The maximum absolute atomic E-state index is 6.30. The van der Waals surface area contributed by atoms with Crippen molar-refractivity contribution in [1.82, 2.24) is 4.98 Å². The van der Waals surface area contributed by atoms with Gasteiger partial charge in [-0.3, -0.25) is 4.98 Å². The zero-order chi connectivity index (χ0) is 12.3. The first-order valence-corrected chi connectivity index (χ1v) is 6.49. The average molecular weight is 234 g/mol. The lowest BCUT2D eigenvalue weighted by Gasteiger charge is -2.23. The first-order valence-electron chi connectivity index (χ1n) is 6.49. The van der Waals surface area contributed by atoms with E-state index in [1.54, 1.807) is 0 Å². The first-order chi connectivity index (χ1) is 8.20. The number of nitrogens with two attached hydrogens (primary N) is 1. The van der Waals surface area contributed by atoms with E-state index in [4.69, 9.17) is 10.5 Å². The molecule has 1 aromatic rings. The summed E-state index contributed by atoms with van der Waals surface area (Å²) in [5.74, 6) is 0.489. The normalized spacial score (nSPS) is 26.1. The molecule has 1 fully saturated rings. The molecule has 0 radical (unpaired) electrons. The van der Waals surface area contributed by atoms with Crippen LogP contribution in [-0.2, 0) is 11.2 Å². The molecule has 0 aliphatic carbocycles. The lowest BCUT2D eigenvalue weighted by molar-refractivity contribution is 0.0813. The highest BCUT2D eigenvalue weighted by atomic mass is 16.5. The zero-order valence-corrected chi connectivity index (χ0v) is 10.7. The van der Waals surface area contributed by atoms with Gasteiger partial charge in [-0.15, -0.1) is 0 Å². The highest BCUT2D eigenvalue weighted by Crippen LogP contribution is 2.26. The van der Waals surface area contributed by atoms with Crippen molar-refractivity contribution in [1.29, 1.82) is 0 Å². The van der Waals surface area contributed by atoms with Crippen LogP contribution in [0.15, 0.2) is 18.3 Å². The number of aromatic nitrogens is 1. The average Bonchev–Trinajstić information content (AvgIpc) is 2.80. The Morgan fingerprint density at radius 3 is 3.00 bits per heavy atom. The van der Waals surface area contributed by atoms with Gasteiger partial charge in [0, 0.05) is 36.9 Å². The largest absolute Gasteiger partial charge is 0.378 e. The second-order valence-electron chi connectivity index (χ2n) is 4.96. The number of aryl methyl sites for hydroxylation is 1. The summed E-state index contributed by atoms with van der Waals surface area (Å²) in [5.41, 5.74) is 8.58. The molecule has 0 bridgehead atoms. The third-order valence-electron chi connectivity index (χ3n) is 3.63. The Hall–Kier alpha value is -0.930. The van der Waals surface area contributed by atoms with Crippen molar-refractivity contribution >= 4 is 0 Å². The summed E-state index contributed by atoms with van der Waals surface area (Å²) in [7, 11) is 0. The molecule has 1 saturated heterocycles. The van der Waals surface area contributed by atoms with Crippen LogP contribution in [0.25, 0.3) is 0 Å². The predicted octanol–water partition coefficient (Wildman–Crippen LogP) is 2.07. The Morgan fingerprint density at radius 2 is 2.35 bits per heavy atom. The summed E-state index contributed by atoms with van der Waals surface area (Å²) >= 11 is 0. The van der Waals surface area contributed by atoms with Crippen LogP contribution in [0.2, 0.25) is 0 Å². The van der Waals surface area contributed by atoms with Crippen LogP contribution >= 0.6 is 0 Å². The van der Waals surface area contributed by atoms with Gasteiger partial charge in [0.15, 0.2) is 0 Å². The standard InChI is InChI=1S/C14H22N2O/c1-3-14-12(6-7-17-14)13(15)8-11-5-4-10(2)9-16-11/h4-5,9,12-14H,3,6-8,15H2,1-2H3. The smallest absolute Gasteiger partial charge is 0.0616 e. The van der Waals surface area contributed by atoms with Gasteiger partial charge in [0.1, 0.15) is 0 Å². The van der Waals surface area contributed by atoms with Crippen LogP contribution in [0.4, 0.5) is 0 Å². The van der Waals surface area contributed by atoms with Crippen LogP contribution in [0.5, 0.6) is 0 Å². The van der Waals surface area contributed by atoms with E-state index in [0.717, 1.165) is 31.6 Å². The molecule has 94 valence electrons. The number of nitrogens with zero attached hydrogens (tertiary/aromatic N) is 1. The minimum atomic E-state index is 0.164. The highest BCUT2D eigenvalue weighted by molar-refractivity contribution is 5.13. The molecule has 3 heteroatoms. The van der Waals surface area contributed by atoms with Gasteiger partial charge in [-0.25, -0.2) is 0 Å². The Labute approximate surface area is 103 Å². The van der Waals surface area contributed by atoms with Crippen molar-refractivity contribution in [2.45, 2.75) is 45.3 Å². The van der Waals surface area contributed by atoms with E-state index in [0.29, 0.717) is 12.0 Å². The van der Waals surface area contributed by atoms with Gasteiger partial charge in [0.05, 0.1) is 6.10 Å². The van der Waals surface area contributed by atoms with E-state index in [1.807, 2.05) is 6.20 Å². The summed E-state index contributed by atoms with van der Waals surface area (Å²) in [6.07, 6.45) is 5.25. The van der Waals surface area contributed by atoms with Gasteiger partial charge in [-0.2, -0.15) is 0 Å². The summed E-state index contributed by atoms with van der Waals surface area (Å²) < 4.78 is 5.69. The molecule has 1 aliphatic rings. The van der Waals surface area contributed by atoms with Crippen LogP contribution in [0, 0.1) is 12.8 Å². The summed E-state index contributed by atoms with van der Waals surface area (Å²) in [6, 6.07) is 4.33. The molecular formula is C14H22N2O. The molecule has 0 aromatic carbocycles. The number of hydrogen-bond acceptors (Lipinski definition) is 3. The summed E-state index contributed by atoms with van der Waals surface area (Å²) in [6.45, 7) is 5.08. The fourth-order valence-electron chi connectivity index (χ4n) is 2.59. The fourth-order valence-corrected chi connectivity index (χ4v) is 2.59. The maximum Gasteiger partial charge on any atom is 0.0616 e. The third-order valence-corrected chi connectivity index (χ3v) is 3.63. The lowest BCUT2D eigenvalue weighted by atomic mass is 9.89. The Kier molecular flexibility index (Phi) is 4.13. The topological polar surface area (TPSA) is 48.1 Å². The minimum Gasteiger partial charge on any atom is -0.378 e. The lowest BCUT2D eigenvalue weighted by Crippen LogP contribution is -2.37. The first kappa shape index (κ1) is 12.5. The number of hydrogen-bond donors (Lipinski definition) is 1. The predicted molar refractivity (Wildman–Crippen MR) is 68.8 cm³/mol. The van der Waals surface area contributed by atoms with Gasteiger partial charge in [0.25, 0.3) is 0 Å². The van der Waals surface area contributed by atoms with Crippen molar-refractivity contribution in [2.24, 2.45) is 11.7 Å². The molecular weight excluding hydrogens is 212 g/mol. The number of ether oxygens (including phenoxy) is 1. The molecule has 3 nitrogen and oxygen atoms in total. The van der Waals surface area contributed by atoms with Gasteiger partial charge < -0.3 is 10.5 Å². The zero-order valence-electron chi connectivity index (χ0n) is 10.7. The molecule has 17 heavy (non-hydrogen) atoms. The Morgan fingerprint density at radius 1 is 1.53 bits per heavy atom. The van der Waals surface area contributed by atoms with E-state index in [-0.39, 0.29) is 6.04 Å². The van der Waals surface area contributed by atoms with E-state index in [1.165, 1.54) is 5.56 Å². The number of rotatable bonds is 4. The molecule has 2 heterocycles. The molecule has 1 aliphatic heterocycles. The van der Waals surface area contributed by atoms with E-state index in [2.05, 4.69) is 31.0 Å². The van der Waals surface area contributed by atoms with Gasteiger partial charge in [-0.05, 0) is 31.4 Å². The van der Waals surface area contributed by atoms with Crippen LogP contribution < -0.4 is 5.73 Å². The fraction of sp³-hybridized carbons (Fsp3) is 0.643. The Bertz CT molecular complexity index is 350. The molecule has 1 aromatic heterocycles. The van der Waals surface area contributed by atoms with Crippen LogP contribution in [0.3, 0.4) is 0 Å². The van der Waals surface area contributed by atoms with E-state index in [9.17, 15) is 0 Å². The van der Waals surface area contributed by atoms with E-state index < -0.39 is 0 Å². The van der Waals surface area contributed by atoms with Gasteiger partial charge >= 0.3 is 0 Å². The molecule has 0 spiro atoms. The molecule has 0 saturated carbocycles. The van der Waals surface area contributed by atoms with Gasteiger partial charge in [-0.1, -0.05) is 13.0 Å². The van der Waals surface area contributed by atoms with Gasteiger partial charge in [0.2, 0.25) is 0 Å². The molecule has 2 N–H and O–H groups in total. The molecule has 0 amide bonds. The van der Waals surface area contributed by atoms with Crippen molar-refractivity contribution in [3.05, 3.63) is 29.6 Å². The van der Waals surface area contributed by atoms with Crippen molar-refractivity contribution < 1.29 is 4.74 Å². The van der Waals surface area contributed by atoms with Crippen LogP contribution in [-0.4, -0.2) is 23.7 Å². The van der Waals surface area contributed by atoms with Crippen molar-refractivity contribution in [2.75, 3.05) is 6.61 Å².